The minimum atomic E-state index is -3.49. The number of benzene rings is 2. The molecule has 0 aromatic heterocycles. The van der Waals surface area contributed by atoms with E-state index in [1.165, 1.54) is 4.31 Å². The Hall–Kier alpha value is -2.07. The van der Waals surface area contributed by atoms with Crippen molar-refractivity contribution in [3.63, 3.8) is 0 Å². The van der Waals surface area contributed by atoms with Crippen molar-refractivity contribution < 1.29 is 8.42 Å². The van der Waals surface area contributed by atoms with Crippen molar-refractivity contribution in [2.45, 2.75) is 11.8 Å². The Balaban J connectivity index is 1.76. The number of nitriles is 1. The summed E-state index contributed by atoms with van der Waals surface area (Å²) in [5, 5.41) is 9.80. The normalized spacial score (nSPS) is 15.8. The lowest BCUT2D eigenvalue weighted by Crippen LogP contribution is -2.48. The molecule has 0 N–H and O–H groups in total. The van der Waals surface area contributed by atoms with E-state index in [0.29, 0.717) is 41.7 Å². The minimum Gasteiger partial charge on any atom is -0.368 e. The molecule has 0 atom stereocenters. The van der Waals surface area contributed by atoms with Gasteiger partial charge in [0.15, 0.2) is 0 Å². The zero-order chi connectivity index (χ0) is 18.0. The first kappa shape index (κ1) is 17.7. The van der Waals surface area contributed by atoms with Crippen molar-refractivity contribution in [3.8, 4) is 6.07 Å². The smallest absolute Gasteiger partial charge is 0.243 e. The summed E-state index contributed by atoms with van der Waals surface area (Å²) in [7, 11) is -3.49. The molecular formula is C18H18ClN3O2S. The fourth-order valence-electron chi connectivity index (χ4n) is 2.90. The molecule has 2 aromatic carbocycles. The molecule has 7 heteroatoms. The highest BCUT2D eigenvalue weighted by atomic mass is 35.5. The van der Waals surface area contributed by atoms with E-state index in [0.717, 1.165) is 11.3 Å². The van der Waals surface area contributed by atoms with Crippen molar-refractivity contribution in [1.29, 1.82) is 5.26 Å². The van der Waals surface area contributed by atoms with E-state index >= 15 is 0 Å². The first-order chi connectivity index (χ1) is 11.9. The molecule has 1 saturated heterocycles. The second-order valence-corrected chi connectivity index (χ2v) is 8.35. The molecule has 0 spiro atoms. The number of piperazine rings is 1. The maximum Gasteiger partial charge on any atom is 0.243 e. The highest BCUT2D eigenvalue weighted by molar-refractivity contribution is 7.89. The van der Waals surface area contributed by atoms with Crippen LogP contribution in [0.25, 0.3) is 0 Å². The Morgan fingerprint density at radius 2 is 1.68 bits per heavy atom. The Morgan fingerprint density at radius 1 is 1.04 bits per heavy atom. The summed E-state index contributed by atoms with van der Waals surface area (Å²) >= 11 is 5.94. The van der Waals surface area contributed by atoms with Crippen LogP contribution in [0.3, 0.4) is 0 Å². The molecule has 1 aliphatic rings. The zero-order valence-corrected chi connectivity index (χ0v) is 15.4. The number of hydrogen-bond acceptors (Lipinski definition) is 4. The van der Waals surface area contributed by atoms with Crippen LogP contribution in [0, 0.1) is 18.3 Å². The molecule has 0 saturated carbocycles. The monoisotopic (exact) mass is 375 g/mol. The number of aryl methyl sites for hydroxylation is 1. The van der Waals surface area contributed by atoms with Crippen molar-refractivity contribution in [3.05, 3.63) is 58.6 Å². The summed E-state index contributed by atoms with van der Waals surface area (Å²) in [6.45, 7) is 3.74. The summed E-state index contributed by atoms with van der Waals surface area (Å²) in [5.74, 6) is 0. The molecule has 1 fully saturated rings. The summed E-state index contributed by atoms with van der Waals surface area (Å²) in [6.07, 6.45) is 0. The second-order valence-electron chi connectivity index (χ2n) is 5.98. The van der Waals surface area contributed by atoms with Crippen LogP contribution in [0.1, 0.15) is 11.1 Å². The SMILES string of the molecule is Cc1ccc(S(=O)(=O)N2CCN(c3ccc(Cl)cc3C#N)CC2)cc1. The standard InChI is InChI=1S/C18H18ClN3O2S/c1-14-2-5-17(6-3-14)25(23,24)22-10-8-21(9-11-22)18-7-4-16(19)12-15(18)13-20/h2-7,12H,8-11H2,1H3. The van der Waals surface area contributed by atoms with Crippen LogP contribution in [0.15, 0.2) is 47.4 Å². The Morgan fingerprint density at radius 3 is 2.28 bits per heavy atom. The van der Waals surface area contributed by atoms with E-state index in [1.54, 1.807) is 36.4 Å². The Kier molecular flexibility index (Phi) is 5.00. The van der Waals surface area contributed by atoms with Crippen molar-refractivity contribution in [1.82, 2.24) is 4.31 Å². The van der Waals surface area contributed by atoms with Crippen LogP contribution in [0.2, 0.25) is 5.02 Å². The maximum absolute atomic E-state index is 12.7. The quantitative estimate of drug-likeness (QED) is 0.827. The third-order valence-electron chi connectivity index (χ3n) is 4.32. The van der Waals surface area contributed by atoms with Gasteiger partial charge in [0.25, 0.3) is 0 Å². The Bertz CT molecular complexity index is 912. The third kappa shape index (κ3) is 3.64. The van der Waals surface area contributed by atoms with E-state index < -0.39 is 10.0 Å². The van der Waals surface area contributed by atoms with Crippen LogP contribution in [0.4, 0.5) is 5.69 Å². The zero-order valence-electron chi connectivity index (χ0n) is 13.8. The first-order valence-corrected chi connectivity index (χ1v) is 9.75. The van der Waals surface area contributed by atoms with Gasteiger partial charge in [-0.3, -0.25) is 0 Å². The molecule has 0 amide bonds. The van der Waals surface area contributed by atoms with Gasteiger partial charge in [-0.25, -0.2) is 8.42 Å². The van der Waals surface area contributed by atoms with E-state index in [1.807, 2.05) is 17.9 Å². The van der Waals surface area contributed by atoms with E-state index in [4.69, 9.17) is 11.6 Å². The van der Waals surface area contributed by atoms with Crippen molar-refractivity contribution >= 4 is 27.3 Å². The first-order valence-electron chi connectivity index (χ1n) is 7.93. The minimum absolute atomic E-state index is 0.316. The summed E-state index contributed by atoms with van der Waals surface area (Å²) in [6, 6.07) is 14.2. The number of halogens is 1. The van der Waals surface area contributed by atoms with Crippen LogP contribution >= 0.6 is 11.6 Å². The van der Waals surface area contributed by atoms with Gasteiger partial charge in [-0.2, -0.15) is 9.57 Å². The van der Waals surface area contributed by atoms with Crippen molar-refractivity contribution in [2.75, 3.05) is 31.1 Å². The van der Waals surface area contributed by atoms with E-state index in [2.05, 4.69) is 6.07 Å². The van der Waals surface area contributed by atoms with Gasteiger partial charge in [-0.1, -0.05) is 29.3 Å². The lowest BCUT2D eigenvalue weighted by atomic mass is 10.1. The number of hydrogen-bond donors (Lipinski definition) is 0. The molecule has 1 heterocycles. The summed E-state index contributed by atoms with van der Waals surface area (Å²) < 4.78 is 27.0. The maximum atomic E-state index is 12.7. The molecule has 25 heavy (non-hydrogen) atoms. The van der Waals surface area contributed by atoms with Gasteiger partial charge in [0.2, 0.25) is 10.0 Å². The van der Waals surface area contributed by atoms with Crippen LogP contribution in [-0.2, 0) is 10.0 Å². The molecule has 3 rings (SSSR count). The van der Waals surface area contributed by atoms with Gasteiger partial charge in [-0.15, -0.1) is 0 Å². The van der Waals surface area contributed by atoms with E-state index in [-0.39, 0.29) is 0 Å². The predicted octanol–water partition coefficient (Wildman–Crippen LogP) is 3.03. The molecule has 0 unspecified atom stereocenters. The molecule has 5 nitrogen and oxygen atoms in total. The van der Waals surface area contributed by atoms with Gasteiger partial charge in [-0.05, 0) is 37.3 Å². The fraction of sp³-hybridized carbons (Fsp3) is 0.278. The number of rotatable bonds is 3. The topological polar surface area (TPSA) is 64.4 Å². The molecule has 2 aromatic rings. The average molecular weight is 376 g/mol. The predicted molar refractivity (Wildman–Crippen MR) is 98.3 cm³/mol. The van der Waals surface area contributed by atoms with Gasteiger partial charge >= 0.3 is 0 Å². The average Bonchev–Trinajstić information content (AvgIpc) is 2.62. The van der Waals surface area contributed by atoms with Gasteiger partial charge in [0, 0.05) is 31.2 Å². The van der Waals surface area contributed by atoms with E-state index in [9.17, 15) is 13.7 Å². The van der Waals surface area contributed by atoms with Gasteiger partial charge in [0.1, 0.15) is 6.07 Å². The number of sulfonamides is 1. The molecule has 0 bridgehead atoms. The lowest BCUT2D eigenvalue weighted by molar-refractivity contribution is 0.385. The second kappa shape index (κ2) is 7.04. The van der Waals surface area contributed by atoms with Crippen molar-refractivity contribution in [2.24, 2.45) is 0 Å². The highest BCUT2D eigenvalue weighted by Crippen LogP contribution is 2.26. The van der Waals surface area contributed by atoms with Crippen LogP contribution in [-0.4, -0.2) is 38.9 Å². The molecule has 0 radical (unpaired) electrons. The summed E-state index contributed by atoms with van der Waals surface area (Å²) in [5.41, 5.74) is 2.32. The third-order valence-corrected chi connectivity index (χ3v) is 6.47. The largest absolute Gasteiger partial charge is 0.368 e. The number of anilines is 1. The molecule has 130 valence electrons. The Labute approximate surface area is 153 Å². The lowest BCUT2D eigenvalue weighted by Gasteiger charge is -2.35. The molecule has 1 aliphatic heterocycles. The molecule has 0 aliphatic carbocycles. The van der Waals surface area contributed by atoms with Crippen LogP contribution in [0.5, 0.6) is 0 Å². The van der Waals surface area contributed by atoms with Crippen LogP contribution < -0.4 is 4.90 Å². The highest BCUT2D eigenvalue weighted by Gasteiger charge is 2.29. The summed E-state index contributed by atoms with van der Waals surface area (Å²) in [4.78, 5) is 2.34. The van der Waals surface area contributed by atoms with Gasteiger partial charge < -0.3 is 4.90 Å². The molecular weight excluding hydrogens is 358 g/mol. The fourth-order valence-corrected chi connectivity index (χ4v) is 4.50. The number of nitrogens with zero attached hydrogens (tertiary/aromatic N) is 3. The van der Waals surface area contributed by atoms with Gasteiger partial charge in [0.05, 0.1) is 16.1 Å².